The van der Waals surface area contributed by atoms with Gasteiger partial charge in [-0.2, -0.15) is 0 Å². The van der Waals surface area contributed by atoms with E-state index in [2.05, 4.69) is 15.3 Å². The number of nitrogens with zero attached hydrogens (tertiary/aromatic N) is 2. The van der Waals surface area contributed by atoms with E-state index in [0.717, 1.165) is 0 Å². The van der Waals surface area contributed by atoms with Gasteiger partial charge >= 0.3 is 0 Å². The number of aliphatic imine (C=N–C) groups is 2. The van der Waals surface area contributed by atoms with Crippen LogP contribution in [0, 0.1) is 0 Å². The van der Waals surface area contributed by atoms with Crippen molar-refractivity contribution in [3.8, 4) is 0 Å². The maximum atomic E-state index is 8.20. The van der Waals surface area contributed by atoms with Gasteiger partial charge in [0.2, 0.25) is 0 Å². The lowest BCUT2D eigenvalue weighted by molar-refractivity contribution is 0.362. The predicted molar refractivity (Wildman–Crippen MR) is 38.0 cm³/mol. The molecule has 2 N–H and O–H groups in total. The first-order valence-corrected chi connectivity index (χ1v) is 2.67. The molecule has 0 aliphatic heterocycles. The van der Waals surface area contributed by atoms with E-state index >= 15 is 0 Å². The van der Waals surface area contributed by atoms with E-state index in [-0.39, 0.29) is 6.61 Å². The quantitative estimate of drug-likeness (QED) is 0.388. The number of hydrogen-bond acceptors (Lipinski definition) is 3. The minimum atomic E-state index is -0.0361. The van der Waals surface area contributed by atoms with Crippen LogP contribution in [0.1, 0.15) is 0 Å². The molecule has 0 fully saturated rings. The van der Waals surface area contributed by atoms with Gasteiger partial charge in [0, 0.05) is 6.21 Å². The van der Waals surface area contributed by atoms with E-state index in [0.29, 0.717) is 6.67 Å². The summed E-state index contributed by atoms with van der Waals surface area (Å²) < 4.78 is 0. The molecule has 0 rings (SSSR count). The lowest BCUT2D eigenvalue weighted by atomic mass is 10.8. The molecule has 4 nitrogen and oxygen atoms in total. The van der Waals surface area contributed by atoms with E-state index in [4.69, 9.17) is 5.11 Å². The zero-order chi connectivity index (χ0) is 6.95. The van der Waals surface area contributed by atoms with Crippen LogP contribution in [0.15, 0.2) is 9.98 Å². The molecule has 9 heavy (non-hydrogen) atoms. The molecule has 4 heteroatoms. The molecule has 0 aromatic carbocycles. The number of hydrogen-bond donors (Lipinski definition) is 2. The van der Waals surface area contributed by atoms with E-state index in [1.807, 2.05) is 0 Å². The van der Waals surface area contributed by atoms with Gasteiger partial charge in [-0.05, 0) is 7.05 Å². The van der Waals surface area contributed by atoms with Crippen molar-refractivity contribution in [1.29, 1.82) is 0 Å². The predicted octanol–water partition coefficient (Wildman–Crippen LogP) is -0.745. The Hall–Kier alpha value is -0.740. The maximum absolute atomic E-state index is 8.20. The average Bonchev–Trinajstić information content (AvgIpc) is 1.89. The second-order valence-corrected chi connectivity index (χ2v) is 1.32. The number of nitrogens with one attached hydrogen (secondary N) is 1. The van der Waals surface area contributed by atoms with Gasteiger partial charge in [0.1, 0.15) is 6.34 Å². The van der Waals surface area contributed by atoms with E-state index < -0.39 is 0 Å². The van der Waals surface area contributed by atoms with Gasteiger partial charge < -0.3 is 10.4 Å². The smallest absolute Gasteiger partial charge is 0.111 e. The SMILES string of the molecule is CNC/N=C\N=C\CO. The average molecular weight is 129 g/mol. The molecular weight excluding hydrogens is 118 g/mol. The molecule has 0 atom stereocenters. The van der Waals surface area contributed by atoms with Crippen LogP contribution in [0.4, 0.5) is 0 Å². The third-order valence-corrected chi connectivity index (χ3v) is 0.585. The minimum Gasteiger partial charge on any atom is -0.391 e. The van der Waals surface area contributed by atoms with Crippen LogP contribution in [0.2, 0.25) is 0 Å². The van der Waals surface area contributed by atoms with Crippen molar-refractivity contribution in [2.45, 2.75) is 0 Å². The van der Waals surface area contributed by atoms with Gasteiger partial charge in [0.15, 0.2) is 0 Å². The van der Waals surface area contributed by atoms with Crippen LogP contribution in [0.5, 0.6) is 0 Å². The fourth-order valence-electron chi connectivity index (χ4n) is 0.274. The molecule has 0 aromatic heterocycles. The Morgan fingerprint density at radius 1 is 1.67 bits per heavy atom. The summed E-state index contributed by atoms with van der Waals surface area (Å²) in [6.07, 6.45) is 2.77. The highest BCUT2D eigenvalue weighted by Crippen LogP contribution is 1.60. The Labute approximate surface area is 54.3 Å². The molecule has 0 saturated carbocycles. The highest BCUT2D eigenvalue weighted by atomic mass is 16.2. The fourth-order valence-corrected chi connectivity index (χ4v) is 0.274. The summed E-state index contributed by atoms with van der Waals surface area (Å²) in [5, 5.41) is 11.0. The van der Waals surface area contributed by atoms with Gasteiger partial charge in [0.25, 0.3) is 0 Å². The Kier molecular flexibility index (Phi) is 6.66. The van der Waals surface area contributed by atoms with Crippen molar-refractivity contribution in [2.75, 3.05) is 20.3 Å². The summed E-state index contributed by atoms with van der Waals surface area (Å²) in [5.41, 5.74) is 0. The van der Waals surface area contributed by atoms with E-state index in [1.165, 1.54) is 12.6 Å². The molecule has 0 spiro atoms. The largest absolute Gasteiger partial charge is 0.391 e. The maximum Gasteiger partial charge on any atom is 0.111 e. The van der Waals surface area contributed by atoms with Crippen LogP contribution in [0.3, 0.4) is 0 Å². The van der Waals surface area contributed by atoms with Crippen molar-refractivity contribution in [3.63, 3.8) is 0 Å². The molecular formula is C5H11N3O. The third kappa shape index (κ3) is 7.26. The van der Waals surface area contributed by atoms with Gasteiger partial charge in [-0.15, -0.1) is 0 Å². The fraction of sp³-hybridized carbons (Fsp3) is 0.600. The van der Waals surface area contributed by atoms with Crippen molar-refractivity contribution >= 4 is 12.6 Å². The second-order valence-electron chi connectivity index (χ2n) is 1.32. The van der Waals surface area contributed by atoms with Gasteiger partial charge in [-0.1, -0.05) is 0 Å². The first-order chi connectivity index (χ1) is 4.41. The van der Waals surface area contributed by atoms with Gasteiger partial charge in [-0.25, -0.2) is 4.99 Å². The number of rotatable bonds is 4. The van der Waals surface area contributed by atoms with E-state index in [1.54, 1.807) is 7.05 Å². The zero-order valence-corrected chi connectivity index (χ0v) is 5.41. The minimum absolute atomic E-state index is 0.0361. The number of aliphatic hydroxyl groups excluding tert-OH is 1. The first-order valence-electron chi connectivity index (χ1n) is 2.67. The normalized spacial score (nSPS) is 11.8. The second kappa shape index (κ2) is 7.26. The highest BCUT2D eigenvalue weighted by Gasteiger charge is 1.66. The van der Waals surface area contributed by atoms with Gasteiger partial charge in [0.05, 0.1) is 13.3 Å². The molecule has 0 saturated heterocycles. The van der Waals surface area contributed by atoms with Crippen molar-refractivity contribution in [3.05, 3.63) is 0 Å². The lowest BCUT2D eigenvalue weighted by Gasteiger charge is -1.83. The molecule has 0 heterocycles. The summed E-state index contributed by atoms with van der Waals surface area (Å²) in [4.78, 5) is 7.40. The molecule has 0 radical (unpaired) electrons. The standard InChI is InChI=1S/C5H11N3O/c1-6-4-8-5-7-2-3-9/h2,5-6,9H,3-4H2,1H3/b7-2+,8-5-. The monoisotopic (exact) mass is 129 g/mol. The van der Waals surface area contributed by atoms with Crippen LogP contribution in [0.25, 0.3) is 0 Å². The molecule has 0 aromatic rings. The van der Waals surface area contributed by atoms with Gasteiger partial charge in [-0.3, -0.25) is 4.99 Å². The molecule has 52 valence electrons. The summed E-state index contributed by atoms with van der Waals surface area (Å²) >= 11 is 0. The molecule has 0 amide bonds. The van der Waals surface area contributed by atoms with Crippen molar-refractivity contribution < 1.29 is 5.11 Å². The van der Waals surface area contributed by atoms with Crippen LogP contribution < -0.4 is 5.32 Å². The summed E-state index contributed by atoms with van der Waals surface area (Å²) in [6, 6.07) is 0. The summed E-state index contributed by atoms with van der Waals surface area (Å²) in [7, 11) is 1.80. The molecule has 0 unspecified atom stereocenters. The molecule has 0 aliphatic carbocycles. The van der Waals surface area contributed by atoms with Crippen molar-refractivity contribution in [2.24, 2.45) is 9.98 Å². The Balaban J connectivity index is 3.13. The van der Waals surface area contributed by atoms with Crippen LogP contribution >= 0.6 is 0 Å². The summed E-state index contributed by atoms with van der Waals surface area (Å²) in [5.74, 6) is 0. The Morgan fingerprint density at radius 2 is 2.44 bits per heavy atom. The zero-order valence-electron chi connectivity index (χ0n) is 5.41. The Morgan fingerprint density at radius 3 is 3.00 bits per heavy atom. The first kappa shape index (κ1) is 8.26. The summed E-state index contributed by atoms with van der Waals surface area (Å²) in [6.45, 7) is 0.522. The van der Waals surface area contributed by atoms with Crippen LogP contribution in [-0.4, -0.2) is 38.0 Å². The topological polar surface area (TPSA) is 57.0 Å². The Bertz CT molecular complexity index is 100. The number of aliphatic hydroxyl groups is 1. The molecule has 0 aliphatic rings. The molecule has 0 bridgehead atoms. The van der Waals surface area contributed by atoms with E-state index in [9.17, 15) is 0 Å². The highest BCUT2D eigenvalue weighted by molar-refractivity contribution is 5.72. The van der Waals surface area contributed by atoms with Crippen molar-refractivity contribution in [1.82, 2.24) is 5.32 Å². The third-order valence-electron chi connectivity index (χ3n) is 0.585. The lowest BCUT2D eigenvalue weighted by Crippen LogP contribution is -2.04. The van der Waals surface area contributed by atoms with Crippen LogP contribution in [-0.2, 0) is 0 Å².